The maximum atomic E-state index is 11.9. The molecule has 0 fully saturated rings. The van der Waals surface area contributed by atoms with Gasteiger partial charge in [0.2, 0.25) is 0 Å². The third kappa shape index (κ3) is 3.80. The molecule has 19 heavy (non-hydrogen) atoms. The Labute approximate surface area is 118 Å². The molecular formula is C14H20N2O2S. The second-order valence-corrected chi connectivity index (χ2v) is 5.69. The number of carbonyl (C=O) groups is 1. The summed E-state index contributed by atoms with van der Waals surface area (Å²) in [6.07, 6.45) is 3.05. The number of fused-ring (bicyclic) bond motifs is 1. The van der Waals surface area contributed by atoms with Gasteiger partial charge in [0.15, 0.2) is 0 Å². The minimum Gasteiger partial charge on any atom is -0.491 e. The summed E-state index contributed by atoms with van der Waals surface area (Å²) in [7, 11) is 0. The van der Waals surface area contributed by atoms with E-state index in [2.05, 4.69) is 16.9 Å². The number of urea groups is 1. The zero-order valence-electron chi connectivity index (χ0n) is 11.3. The molecule has 0 radical (unpaired) electrons. The van der Waals surface area contributed by atoms with Crippen molar-refractivity contribution in [2.75, 3.05) is 18.6 Å². The summed E-state index contributed by atoms with van der Waals surface area (Å²) >= 11 is 1.79. The average Bonchev–Trinajstić information content (AvgIpc) is 2.80. The normalized spacial score (nSPS) is 18.3. The van der Waals surface area contributed by atoms with Crippen LogP contribution in [0.4, 0.5) is 4.79 Å². The van der Waals surface area contributed by atoms with E-state index in [1.807, 2.05) is 31.2 Å². The quantitative estimate of drug-likeness (QED) is 0.871. The van der Waals surface area contributed by atoms with Crippen molar-refractivity contribution in [1.29, 1.82) is 0 Å². The van der Waals surface area contributed by atoms with E-state index in [0.717, 1.165) is 23.5 Å². The second kappa shape index (κ2) is 6.70. The fourth-order valence-corrected chi connectivity index (χ4v) is 2.66. The maximum Gasteiger partial charge on any atom is 0.315 e. The van der Waals surface area contributed by atoms with Crippen molar-refractivity contribution < 1.29 is 9.53 Å². The van der Waals surface area contributed by atoms with E-state index in [4.69, 9.17) is 4.74 Å². The lowest BCUT2D eigenvalue weighted by molar-refractivity contribution is 0.229. The second-order valence-electron chi connectivity index (χ2n) is 4.70. The summed E-state index contributed by atoms with van der Waals surface area (Å²) in [6, 6.07) is 7.82. The molecule has 0 aliphatic carbocycles. The summed E-state index contributed by atoms with van der Waals surface area (Å²) < 4.78 is 5.54. The largest absolute Gasteiger partial charge is 0.491 e. The molecule has 2 N–H and O–H groups in total. The van der Waals surface area contributed by atoms with Gasteiger partial charge in [-0.3, -0.25) is 0 Å². The Kier molecular flexibility index (Phi) is 4.96. The highest BCUT2D eigenvalue weighted by Gasteiger charge is 2.25. The van der Waals surface area contributed by atoms with Crippen LogP contribution in [0.25, 0.3) is 0 Å². The molecule has 1 aromatic carbocycles. The van der Waals surface area contributed by atoms with Gasteiger partial charge in [-0.2, -0.15) is 11.8 Å². The average molecular weight is 280 g/mol. The molecule has 0 bridgehead atoms. The molecule has 104 valence electrons. The number of rotatable bonds is 5. The molecule has 0 aromatic heterocycles. The number of hydrogen-bond donors (Lipinski definition) is 2. The standard InChI is InChI=1S/C14H20N2O2S/c1-10(7-8-19-2)15-14(17)16-12-9-18-13-6-4-3-5-11(12)13/h3-6,10,12H,7-9H2,1-2H3,(H2,15,16,17)/t10-,12-/m1/s1. The van der Waals surface area contributed by atoms with Crippen LogP contribution in [0.2, 0.25) is 0 Å². The zero-order valence-corrected chi connectivity index (χ0v) is 12.1. The number of nitrogens with one attached hydrogen (secondary N) is 2. The minimum atomic E-state index is -0.126. The molecule has 1 aromatic rings. The van der Waals surface area contributed by atoms with Crippen LogP contribution in [0.3, 0.4) is 0 Å². The van der Waals surface area contributed by atoms with E-state index < -0.39 is 0 Å². The first-order valence-corrected chi connectivity index (χ1v) is 7.87. The van der Waals surface area contributed by atoms with Gasteiger partial charge in [-0.15, -0.1) is 0 Å². The predicted molar refractivity (Wildman–Crippen MR) is 78.8 cm³/mol. The molecule has 2 amide bonds. The lowest BCUT2D eigenvalue weighted by Crippen LogP contribution is -2.42. The van der Waals surface area contributed by atoms with Crippen molar-refractivity contribution in [1.82, 2.24) is 10.6 Å². The third-order valence-corrected chi connectivity index (χ3v) is 3.78. The van der Waals surface area contributed by atoms with Crippen molar-refractivity contribution in [3.63, 3.8) is 0 Å². The molecule has 1 aliphatic rings. The monoisotopic (exact) mass is 280 g/mol. The first-order chi connectivity index (χ1) is 9.20. The van der Waals surface area contributed by atoms with Gasteiger partial charge in [-0.05, 0) is 31.4 Å². The van der Waals surface area contributed by atoms with E-state index >= 15 is 0 Å². The fourth-order valence-electron chi connectivity index (χ4n) is 2.07. The van der Waals surface area contributed by atoms with Gasteiger partial charge in [0, 0.05) is 11.6 Å². The van der Waals surface area contributed by atoms with Crippen LogP contribution in [0.5, 0.6) is 5.75 Å². The van der Waals surface area contributed by atoms with Crippen LogP contribution >= 0.6 is 11.8 Å². The van der Waals surface area contributed by atoms with Gasteiger partial charge < -0.3 is 15.4 Å². The third-order valence-electron chi connectivity index (χ3n) is 3.14. The van der Waals surface area contributed by atoms with Crippen molar-refractivity contribution in [3.05, 3.63) is 29.8 Å². The molecule has 0 unspecified atom stereocenters. The highest BCUT2D eigenvalue weighted by molar-refractivity contribution is 7.98. The van der Waals surface area contributed by atoms with E-state index in [0.29, 0.717) is 6.61 Å². The molecule has 2 rings (SSSR count). The van der Waals surface area contributed by atoms with Gasteiger partial charge in [0.1, 0.15) is 12.4 Å². The molecule has 4 nitrogen and oxygen atoms in total. The Morgan fingerprint density at radius 1 is 1.53 bits per heavy atom. The fraction of sp³-hybridized carbons (Fsp3) is 0.500. The molecule has 1 heterocycles. The Bertz CT molecular complexity index is 439. The maximum absolute atomic E-state index is 11.9. The van der Waals surface area contributed by atoms with Crippen LogP contribution in [-0.4, -0.2) is 30.7 Å². The zero-order chi connectivity index (χ0) is 13.7. The lowest BCUT2D eigenvalue weighted by Gasteiger charge is -2.17. The summed E-state index contributed by atoms with van der Waals surface area (Å²) in [6.45, 7) is 2.53. The molecule has 5 heteroatoms. The SMILES string of the molecule is CSCC[C@@H](C)NC(=O)N[C@@H]1COc2ccccc21. The molecule has 2 atom stereocenters. The van der Waals surface area contributed by atoms with E-state index in [1.165, 1.54) is 0 Å². The number of thioether (sulfide) groups is 1. The van der Waals surface area contributed by atoms with Crippen LogP contribution in [0.1, 0.15) is 24.9 Å². The number of ether oxygens (including phenoxy) is 1. The van der Waals surface area contributed by atoms with Crippen LogP contribution in [0, 0.1) is 0 Å². The predicted octanol–water partition coefficient (Wildman–Crippen LogP) is 2.56. The first kappa shape index (κ1) is 14.1. The highest BCUT2D eigenvalue weighted by atomic mass is 32.2. The van der Waals surface area contributed by atoms with E-state index in [9.17, 15) is 4.79 Å². The van der Waals surface area contributed by atoms with Gasteiger partial charge in [0.25, 0.3) is 0 Å². The van der Waals surface area contributed by atoms with Crippen LogP contribution in [-0.2, 0) is 0 Å². The van der Waals surface area contributed by atoms with Crippen molar-refractivity contribution in [3.8, 4) is 5.75 Å². The molecule has 0 saturated heterocycles. The summed E-state index contributed by atoms with van der Waals surface area (Å²) in [5.41, 5.74) is 1.05. The summed E-state index contributed by atoms with van der Waals surface area (Å²) in [4.78, 5) is 11.9. The molecule has 1 aliphatic heterocycles. The Morgan fingerprint density at radius 3 is 3.11 bits per heavy atom. The van der Waals surface area contributed by atoms with Gasteiger partial charge in [-0.1, -0.05) is 18.2 Å². The van der Waals surface area contributed by atoms with Gasteiger partial charge in [-0.25, -0.2) is 4.79 Å². The van der Waals surface area contributed by atoms with E-state index in [-0.39, 0.29) is 18.1 Å². The Morgan fingerprint density at radius 2 is 2.32 bits per heavy atom. The topological polar surface area (TPSA) is 50.4 Å². The van der Waals surface area contributed by atoms with Gasteiger partial charge in [0.05, 0.1) is 6.04 Å². The van der Waals surface area contributed by atoms with Crippen LogP contribution in [0.15, 0.2) is 24.3 Å². The molecular weight excluding hydrogens is 260 g/mol. The summed E-state index contributed by atoms with van der Waals surface area (Å²) in [5, 5.41) is 5.91. The molecule has 0 spiro atoms. The Hall–Kier alpha value is -1.36. The number of para-hydroxylation sites is 1. The van der Waals surface area contributed by atoms with Crippen molar-refractivity contribution >= 4 is 17.8 Å². The van der Waals surface area contributed by atoms with E-state index in [1.54, 1.807) is 11.8 Å². The summed E-state index contributed by atoms with van der Waals surface area (Å²) in [5.74, 6) is 1.92. The van der Waals surface area contributed by atoms with Crippen LogP contribution < -0.4 is 15.4 Å². The molecule has 0 saturated carbocycles. The smallest absolute Gasteiger partial charge is 0.315 e. The minimum absolute atomic E-state index is 0.0519. The van der Waals surface area contributed by atoms with Crippen molar-refractivity contribution in [2.45, 2.75) is 25.4 Å². The Balaban J connectivity index is 1.84. The van der Waals surface area contributed by atoms with Crippen molar-refractivity contribution in [2.24, 2.45) is 0 Å². The number of carbonyl (C=O) groups excluding carboxylic acids is 1. The van der Waals surface area contributed by atoms with Gasteiger partial charge >= 0.3 is 6.03 Å². The lowest BCUT2D eigenvalue weighted by atomic mass is 10.1. The number of hydrogen-bond acceptors (Lipinski definition) is 3. The highest BCUT2D eigenvalue weighted by Crippen LogP contribution is 2.31. The number of amides is 2. The number of benzene rings is 1. The first-order valence-electron chi connectivity index (χ1n) is 6.48.